The molecule has 0 saturated carbocycles. The minimum absolute atomic E-state index is 0.0195. The second-order valence-electron chi connectivity index (χ2n) is 4.53. The van der Waals surface area contributed by atoms with Crippen molar-refractivity contribution in [2.45, 2.75) is 19.4 Å². The molecule has 0 heterocycles. The standard InChI is InChI=1S/C15H16FNO2/c1-10(8-9-18)17-15(19)13-6-7-14(16)12-5-3-2-4-11(12)13/h2-7,10,18H,8-9H2,1H3,(H,17,19). The largest absolute Gasteiger partial charge is 0.396 e. The molecule has 2 N–H and O–H groups in total. The molecule has 0 radical (unpaired) electrons. The maximum absolute atomic E-state index is 13.6. The number of hydrogen-bond acceptors (Lipinski definition) is 2. The molecule has 4 heteroatoms. The number of carbonyl (C=O) groups is 1. The topological polar surface area (TPSA) is 49.3 Å². The van der Waals surface area contributed by atoms with Crippen LogP contribution in [-0.4, -0.2) is 23.7 Å². The Hall–Kier alpha value is -1.94. The van der Waals surface area contributed by atoms with Crippen LogP contribution in [0.4, 0.5) is 4.39 Å². The Morgan fingerprint density at radius 3 is 2.63 bits per heavy atom. The lowest BCUT2D eigenvalue weighted by Crippen LogP contribution is -2.33. The van der Waals surface area contributed by atoms with Gasteiger partial charge in [-0.05, 0) is 30.9 Å². The van der Waals surface area contributed by atoms with Crippen LogP contribution < -0.4 is 5.32 Å². The molecule has 0 aliphatic rings. The van der Waals surface area contributed by atoms with Gasteiger partial charge in [0.1, 0.15) is 5.82 Å². The fourth-order valence-electron chi connectivity index (χ4n) is 2.03. The van der Waals surface area contributed by atoms with Gasteiger partial charge in [-0.25, -0.2) is 4.39 Å². The summed E-state index contributed by atoms with van der Waals surface area (Å²) in [6, 6.07) is 9.55. The van der Waals surface area contributed by atoms with E-state index >= 15 is 0 Å². The Bertz CT molecular complexity index is 598. The minimum Gasteiger partial charge on any atom is -0.396 e. The van der Waals surface area contributed by atoms with E-state index in [1.165, 1.54) is 12.1 Å². The van der Waals surface area contributed by atoms with Gasteiger partial charge in [0.25, 0.3) is 5.91 Å². The molecule has 0 aliphatic carbocycles. The zero-order valence-electron chi connectivity index (χ0n) is 10.7. The van der Waals surface area contributed by atoms with Crippen molar-refractivity contribution in [2.75, 3.05) is 6.61 Å². The van der Waals surface area contributed by atoms with E-state index in [1.807, 2.05) is 6.92 Å². The highest BCUT2D eigenvalue weighted by atomic mass is 19.1. The number of aliphatic hydroxyl groups excluding tert-OH is 1. The minimum atomic E-state index is -0.337. The Balaban J connectivity index is 2.35. The average molecular weight is 261 g/mol. The maximum atomic E-state index is 13.6. The van der Waals surface area contributed by atoms with E-state index < -0.39 is 0 Å². The number of benzene rings is 2. The van der Waals surface area contributed by atoms with Crippen molar-refractivity contribution < 1.29 is 14.3 Å². The van der Waals surface area contributed by atoms with Crippen molar-refractivity contribution in [3.63, 3.8) is 0 Å². The summed E-state index contributed by atoms with van der Waals surface area (Å²) in [6.07, 6.45) is 0.491. The van der Waals surface area contributed by atoms with Crippen LogP contribution in [0.1, 0.15) is 23.7 Å². The van der Waals surface area contributed by atoms with E-state index in [0.29, 0.717) is 22.8 Å². The van der Waals surface area contributed by atoms with Gasteiger partial charge < -0.3 is 10.4 Å². The lowest BCUT2D eigenvalue weighted by atomic mass is 10.0. The van der Waals surface area contributed by atoms with Crippen molar-refractivity contribution in [3.8, 4) is 0 Å². The molecule has 2 aromatic rings. The summed E-state index contributed by atoms with van der Waals surface area (Å²) in [5.74, 6) is -0.590. The molecule has 100 valence electrons. The van der Waals surface area contributed by atoms with Gasteiger partial charge >= 0.3 is 0 Å². The number of amides is 1. The molecule has 3 nitrogen and oxygen atoms in total. The molecular weight excluding hydrogens is 245 g/mol. The monoisotopic (exact) mass is 261 g/mol. The van der Waals surface area contributed by atoms with Gasteiger partial charge in [-0.1, -0.05) is 24.3 Å². The smallest absolute Gasteiger partial charge is 0.252 e. The van der Waals surface area contributed by atoms with Gasteiger partial charge in [0.05, 0.1) is 0 Å². The maximum Gasteiger partial charge on any atom is 0.252 e. The fraction of sp³-hybridized carbons (Fsp3) is 0.267. The van der Waals surface area contributed by atoms with Crippen molar-refractivity contribution in [2.24, 2.45) is 0 Å². The number of carbonyl (C=O) groups excluding carboxylic acids is 1. The molecule has 19 heavy (non-hydrogen) atoms. The first-order chi connectivity index (χ1) is 9.13. The van der Waals surface area contributed by atoms with Crippen LogP contribution in [0.5, 0.6) is 0 Å². The highest BCUT2D eigenvalue weighted by Gasteiger charge is 2.14. The Kier molecular flexibility index (Phi) is 4.12. The van der Waals surface area contributed by atoms with Crippen LogP contribution in [0.15, 0.2) is 36.4 Å². The van der Waals surface area contributed by atoms with Crippen LogP contribution in [0.25, 0.3) is 10.8 Å². The average Bonchev–Trinajstić information content (AvgIpc) is 2.39. The molecule has 1 atom stereocenters. The van der Waals surface area contributed by atoms with E-state index in [2.05, 4.69) is 5.32 Å². The number of nitrogens with one attached hydrogen (secondary N) is 1. The highest BCUT2D eigenvalue weighted by Crippen LogP contribution is 2.21. The van der Waals surface area contributed by atoms with Crippen molar-refractivity contribution in [3.05, 3.63) is 47.8 Å². The number of aliphatic hydroxyl groups is 1. The van der Waals surface area contributed by atoms with Crippen molar-refractivity contribution in [1.82, 2.24) is 5.32 Å². The molecule has 1 unspecified atom stereocenters. The fourth-order valence-corrected chi connectivity index (χ4v) is 2.03. The first-order valence-electron chi connectivity index (χ1n) is 6.22. The second-order valence-corrected chi connectivity index (χ2v) is 4.53. The lowest BCUT2D eigenvalue weighted by Gasteiger charge is -2.13. The zero-order valence-corrected chi connectivity index (χ0v) is 10.7. The van der Waals surface area contributed by atoms with E-state index in [4.69, 9.17) is 5.11 Å². The SMILES string of the molecule is CC(CCO)NC(=O)c1ccc(F)c2ccccc12. The molecule has 0 saturated heterocycles. The van der Waals surface area contributed by atoms with Crippen molar-refractivity contribution in [1.29, 1.82) is 0 Å². The quantitative estimate of drug-likeness (QED) is 0.888. The molecule has 2 aromatic carbocycles. The normalized spacial score (nSPS) is 12.4. The highest BCUT2D eigenvalue weighted by molar-refractivity contribution is 6.07. The Morgan fingerprint density at radius 1 is 1.26 bits per heavy atom. The summed E-state index contributed by atoms with van der Waals surface area (Å²) < 4.78 is 13.6. The van der Waals surface area contributed by atoms with Crippen molar-refractivity contribution >= 4 is 16.7 Å². The van der Waals surface area contributed by atoms with Crippen LogP contribution in [0.2, 0.25) is 0 Å². The number of fused-ring (bicyclic) bond motifs is 1. The third-order valence-corrected chi connectivity index (χ3v) is 3.06. The zero-order chi connectivity index (χ0) is 13.8. The third kappa shape index (κ3) is 2.90. The van der Waals surface area contributed by atoms with E-state index in [9.17, 15) is 9.18 Å². The number of hydrogen-bond donors (Lipinski definition) is 2. The predicted octanol–water partition coefficient (Wildman–Crippen LogP) is 2.48. The number of halogens is 1. The summed E-state index contributed by atoms with van der Waals surface area (Å²) >= 11 is 0. The summed E-state index contributed by atoms with van der Waals surface area (Å²) in [7, 11) is 0. The van der Waals surface area contributed by atoms with Gasteiger partial charge in [-0.2, -0.15) is 0 Å². The van der Waals surface area contributed by atoms with E-state index in [0.717, 1.165) is 0 Å². The number of rotatable bonds is 4. The molecule has 0 bridgehead atoms. The summed E-state index contributed by atoms with van der Waals surface area (Å²) in [5.41, 5.74) is 0.446. The van der Waals surface area contributed by atoms with Crippen LogP contribution in [0, 0.1) is 5.82 Å². The molecule has 0 aromatic heterocycles. The van der Waals surface area contributed by atoms with Gasteiger partial charge in [0.15, 0.2) is 0 Å². The molecular formula is C15H16FNO2. The Labute approximate surface area is 111 Å². The first kappa shape index (κ1) is 13.5. The van der Waals surface area contributed by atoms with Crippen LogP contribution in [-0.2, 0) is 0 Å². The summed E-state index contributed by atoms with van der Waals surface area (Å²) in [6.45, 7) is 1.84. The third-order valence-electron chi connectivity index (χ3n) is 3.06. The van der Waals surface area contributed by atoms with Gasteiger partial charge in [0, 0.05) is 23.6 Å². The van der Waals surface area contributed by atoms with Gasteiger partial charge in [-0.3, -0.25) is 4.79 Å². The summed E-state index contributed by atoms with van der Waals surface area (Å²) in [5, 5.41) is 12.6. The first-order valence-corrected chi connectivity index (χ1v) is 6.22. The lowest BCUT2D eigenvalue weighted by molar-refractivity contribution is 0.0936. The van der Waals surface area contributed by atoms with Crippen LogP contribution in [0.3, 0.4) is 0 Å². The molecule has 0 aliphatic heterocycles. The molecule has 0 spiro atoms. The second kappa shape index (κ2) is 5.80. The van der Waals surface area contributed by atoms with Gasteiger partial charge in [-0.15, -0.1) is 0 Å². The predicted molar refractivity (Wildman–Crippen MR) is 72.5 cm³/mol. The molecule has 2 rings (SSSR count). The van der Waals surface area contributed by atoms with E-state index in [1.54, 1.807) is 24.3 Å². The van der Waals surface area contributed by atoms with Gasteiger partial charge in [0.2, 0.25) is 0 Å². The molecule has 1 amide bonds. The Morgan fingerprint density at radius 2 is 1.95 bits per heavy atom. The molecule has 0 fully saturated rings. The van der Waals surface area contributed by atoms with E-state index in [-0.39, 0.29) is 24.4 Å². The summed E-state index contributed by atoms with van der Waals surface area (Å²) in [4.78, 5) is 12.1. The van der Waals surface area contributed by atoms with Crippen LogP contribution >= 0.6 is 0 Å².